The summed E-state index contributed by atoms with van der Waals surface area (Å²) in [5.74, 6) is 1.81. The summed E-state index contributed by atoms with van der Waals surface area (Å²) in [7, 11) is 0. The molecule has 6 heteroatoms. The van der Waals surface area contributed by atoms with Gasteiger partial charge in [0.25, 0.3) is 0 Å². The first-order valence-electron chi connectivity index (χ1n) is 11.5. The Morgan fingerprint density at radius 1 is 1.24 bits per heavy atom. The van der Waals surface area contributed by atoms with E-state index in [2.05, 4.69) is 19.0 Å². The van der Waals surface area contributed by atoms with Crippen LogP contribution in [0, 0.1) is 34.5 Å². The van der Waals surface area contributed by atoms with Crippen molar-refractivity contribution >= 4 is 17.5 Å². The largest absolute Gasteiger partial charge is 0.462 e. The van der Waals surface area contributed by atoms with E-state index in [4.69, 9.17) is 10.5 Å². The Morgan fingerprint density at radius 3 is 2.76 bits per heavy atom. The summed E-state index contributed by atoms with van der Waals surface area (Å²) in [6, 6.07) is 0. The number of hydrogen-bond donors (Lipinski definition) is 2. The minimum Gasteiger partial charge on any atom is -0.462 e. The fraction of sp³-hybridized carbons (Fsp3) is 0.870. The third-order valence-electron chi connectivity index (χ3n) is 9.15. The molecule has 0 aromatic heterocycles. The summed E-state index contributed by atoms with van der Waals surface area (Å²) in [6.07, 6.45) is 8.04. The number of esters is 1. The quantitative estimate of drug-likeness (QED) is 0.423. The Labute approximate surface area is 173 Å². The molecule has 0 aromatic carbocycles. The maximum Gasteiger partial charge on any atom is 0.306 e. The van der Waals surface area contributed by atoms with Crippen molar-refractivity contribution < 1.29 is 19.5 Å². The lowest BCUT2D eigenvalue weighted by atomic mass is 9.44. The maximum absolute atomic E-state index is 12.6. The number of nitrogens with zero attached hydrogens (tertiary/aromatic N) is 1. The van der Waals surface area contributed by atoms with E-state index in [0.717, 1.165) is 50.7 Å². The van der Waals surface area contributed by atoms with Gasteiger partial charge in [-0.3, -0.25) is 9.59 Å². The molecule has 7 atom stereocenters. The number of rotatable bonds is 4. The normalized spacial score (nSPS) is 45.4. The molecule has 0 bridgehead atoms. The first-order chi connectivity index (χ1) is 13.8. The van der Waals surface area contributed by atoms with Gasteiger partial charge in [0, 0.05) is 24.2 Å². The van der Waals surface area contributed by atoms with Gasteiger partial charge in [0.05, 0.1) is 5.71 Å². The summed E-state index contributed by atoms with van der Waals surface area (Å²) >= 11 is 0. The number of hydrogen-bond acceptors (Lipinski definition) is 6. The average molecular weight is 405 g/mol. The van der Waals surface area contributed by atoms with Crippen LogP contribution in [0.3, 0.4) is 0 Å². The first-order valence-corrected chi connectivity index (χ1v) is 11.5. The zero-order valence-electron chi connectivity index (χ0n) is 17.9. The Balaban J connectivity index is 1.53. The summed E-state index contributed by atoms with van der Waals surface area (Å²) in [4.78, 5) is 24.7. The van der Waals surface area contributed by atoms with Crippen LogP contribution in [0.2, 0.25) is 0 Å². The van der Waals surface area contributed by atoms with E-state index < -0.39 is 0 Å². The van der Waals surface area contributed by atoms with Gasteiger partial charge in [-0.2, -0.15) is 0 Å². The molecule has 0 aliphatic heterocycles. The van der Waals surface area contributed by atoms with Gasteiger partial charge in [-0.15, -0.1) is 0 Å². The van der Waals surface area contributed by atoms with E-state index in [1.54, 1.807) is 0 Å². The monoisotopic (exact) mass is 404 g/mol. The van der Waals surface area contributed by atoms with Gasteiger partial charge < -0.3 is 15.7 Å². The lowest BCUT2D eigenvalue weighted by Gasteiger charge is -2.60. The van der Waals surface area contributed by atoms with E-state index in [1.165, 1.54) is 0 Å². The van der Waals surface area contributed by atoms with Crippen LogP contribution in [0.5, 0.6) is 0 Å². The fourth-order valence-corrected chi connectivity index (χ4v) is 7.51. The number of oxime groups is 1. The minimum absolute atomic E-state index is 0.0532. The van der Waals surface area contributed by atoms with E-state index in [1.807, 2.05) is 0 Å². The maximum atomic E-state index is 12.6. The fourth-order valence-electron chi connectivity index (χ4n) is 7.51. The van der Waals surface area contributed by atoms with E-state index >= 15 is 0 Å². The number of Topliss-reactive ketones (excluding diaryl/α,β-unsaturated/α-hetero) is 1. The molecule has 0 radical (unpaired) electrons. The second-order valence-electron chi connectivity index (χ2n) is 10.4. The van der Waals surface area contributed by atoms with E-state index in [9.17, 15) is 14.8 Å². The number of carbonyl (C=O) groups is 2. The van der Waals surface area contributed by atoms with Crippen molar-refractivity contribution in [3.05, 3.63) is 0 Å². The second kappa shape index (κ2) is 7.68. The molecule has 0 aromatic rings. The van der Waals surface area contributed by atoms with Crippen LogP contribution in [0.1, 0.15) is 78.1 Å². The average Bonchev–Trinajstić information content (AvgIpc) is 3.01. The molecule has 4 fully saturated rings. The SMILES string of the molecule is C[C@]12CC[C@H](OC(=O)CCCN)CC1/C(=N/O)C[C@@H]1[C@@H]2CC[C@]2(C)C(=O)CC[C@@H]12. The smallest absolute Gasteiger partial charge is 0.306 e. The van der Waals surface area contributed by atoms with Gasteiger partial charge in [-0.05, 0) is 81.1 Å². The molecular weight excluding hydrogens is 368 g/mol. The van der Waals surface area contributed by atoms with Gasteiger partial charge in [-0.1, -0.05) is 19.0 Å². The predicted molar refractivity (Wildman–Crippen MR) is 110 cm³/mol. The Morgan fingerprint density at radius 2 is 2.03 bits per heavy atom. The lowest BCUT2D eigenvalue weighted by Crippen LogP contribution is -2.57. The predicted octanol–water partition coefficient (Wildman–Crippen LogP) is 3.69. The standard InChI is InChI=1S/C23H36N2O4/c1-22-9-7-14(29-21(27)4-3-11-24)12-18(22)19(25-28)13-15-16-5-6-20(26)23(16,2)10-8-17(15)22/h14-18,28H,3-13,24H2,1-2H3/b25-19+/t14-,15-,16-,17-,18?,22+,23-/m0/s1. The van der Waals surface area contributed by atoms with Crippen LogP contribution >= 0.6 is 0 Å². The van der Waals surface area contributed by atoms with Crippen molar-refractivity contribution in [1.29, 1.82) is 0 Å². The molecule has 0 spiro atoms. The van der Waals surface area contributed by atoms with E-state index in [-0.39, 0.29) is 28.8 Å². The number of nitrogens with two attached hydrogens (primary N) is 1. The van der Waals surface area contributed by atoms with Crippen molar-refractivity contribution in [1.82, 2.24) is 0 Å². The first kappa shape index (κ1) is 20.8. The molecule has 29 heavy (non-hydrogen) atoms. The van der Waals surface area contributed by atoms with Crippen LogP contribution in [0.4, 0.5) is 0 Å². The highest BCUT2D eigenvalue weighted by molar-refractivity contribution is 5.90. The second-order valence-corrected chi connectivity index (χ2v) is 10.4. The molecular formula is C23H36N2O4. The van der Waals surface area contributed by atoms with Crippen LogP contribution < -0.4 is 5.73 Å². The molecule has 1 unspecified atom stereocenters. The lowest BCUT2D eigenvalue weighted by molar-refractivity contribution is -0.156. The van der Waals surface area contributed by atoms with Crippen LogP contribution in [0.25, 0.3) is 0 Å². The summed E-state index contributed by atoms with van der Waals surface area (Å²) in [5.41, 5.74) is 6.23. The van der Waals surface area contributed by atoms with E-state index in [0.29, 0.717) is 49.3 Å². The number of ether oxygens (including phenoxy) is 1. The van der Waals surface area contributed by atoms with Crippen molar-refractivity contribution in [2.45, 2.75) is 84.2 Å². The minimum atomic E-state index is -0.180. The molecule has 0 saturated heterocycles. The molecule has 162 valence electrons. The topological polar surface area (TPSA) is 102 Å². The molecule has 4 rings (SSSR count). The van der Waals surface area contributed by atoms with Crippen LogP contribution in [0.15, 0.2) is 5.16 Å². The number of carbonyl (C=O) groups excluding carboxylic acids is 2. The van der Waals surface area contributed by atoms with Crippen molar-refractivity contribution in [2.75, 3.05) is 6.54 Å². The highest BCUT2D eigenvalue weighted by atomic mass is 16.5. The van der Waals surface area contributed by atoms with Crippen LogP contribution in [-0.4, -0.2) is 35.3 Å². The summed E-state index contributed by atoms with van der Waals surface area (Å²) < 4.78 is 5.74. The van der Waals surface area contributed by atoms with Gasteiger partial charge in [0.15, 0.2) is 0 Å². The highest BCUT2D eigenvalue weighted by Gasteiger charge is 2.62. The molecule has 4 aliphatic rings. The van der Waals surface area contributed by atoms with Crippen molar-refractivity contribution in [3.63, 3.8) is 0 Å². The molecule has 6 nitrogen and oxygen atoms in total. The molecule has 4 aliphatic carbocycles. The third-order valence-corrected chi connectivity index (χ3v) is 9.15. The molecule has 3 N–H and O–H groups in total. The summed E-state index contributed by atoms with van der Waals surface area (Å²) in [5, 5.41) is 13.6. The molecule has 4 saturated carbocycles. The Kier molecular flexibility index (Phi) is 5.51. The van der Waals surface area contributed by atoms with Gasteiger partial charge in [0.2, 0.25) is 0 Å². The summed E-state index contributed by atoms with van der Waals surface area (Å²) in [6.45, 7) is 5.02. The van der Waals surface area contributed by atoms with Gasteiger partial charge in [-0.25, -0.2) is 0 Å². The number of fused-ring (bicyclic) bond motifs is 5. The third kappa shape index (κ3) is 3.31. The van der Waals surface area contributed by atoms with Crippen LogP contribution in [-0.2, 0) is 14.3 Å². The Hall–Kier alpha value is -1.43. The molecule has 0 amide bonds. The molecule has 0 heterocycles. The zero-order valence-corrected chi connectivity index (χ0v) is 17.9. The van der Waals surface area contributed by atoms with Gasteiger partial charge >= 0.3 is 5.97 Å². The van der Waals surface area contributed by atoms with Crippen molar-refractivity contribution in [3.8, 4) is 0 Å². The van der Waals surface area contributed by atoms with Gasteiger partial charge in [0.1, 0.15) is 11.9 Å². The number of ketones is 1. The zero-order chi connectivity index (χ0) is 20.8. The highest BCUT2D eigenvalue weighted by Crippen LogP contribution is 2.65. The Bertz CT molecular complexity index is 707. The van der Waals surface area contributed by atoms with Crippen molar-refractivity contribution in [2.24, 2.45) is 45.4 Å².